The van der Waals surface area contributed by atoms with Gasteiger partial charge in [0.15, 0.2) is 0 Å². The molecular formula is C12H9BrN2O2S2. The van der Waals surface area contributed by atoms with E-state index in [2.05, 4.69) is 20.7 Å². The Morgan fingerprint density at radius 2 is 2.11 bits per heavy atom. The summed E-state index contributed by atoms with van der Waals surface area (Å²) in [6.07, 6.45) is 0. The van der Waals surface area contributed by atoms with E-state index in [0.29, 0.717) is 4.88 Å². The van der Waals surface area contributed by atoms with Crippen LogP contribution in [0.5, 0.6) is 0 Å². The van der Waals surface area contributed by atoms with Crippen LogP contribution in [0.2, 0.25) is 0 Å². The molecule has 1 N–H and O–H groups in total. The van der Waals surface area contributed by atoms with E-state index in [4.69, 9.17) is 5.26 Å². The van der Waals surface area contributed by atoms with Gasteiger partial charge in [-0.05, 0) is 29.8 Å². The maximum absolute atomic E-state index is 12.0. The van der Waals surface area contributed by atoms with Gasteiger partial charge >= 0.3 is 0 Å². The van der Waals surface area contributed by atoms with Gasteiger partial charge in [-0.15, -0.1) is 11.3 Å². The van der Waals surface area contributed by atoms with Crippen molar-refractivity contribution < 1.29 is 8.42 Å². The Morgan fingerprint density at radius 3 is 2.74 bits per heavy atom. The summed E-state index contributed by atoms with van der Waals surface area (Å²) in [5.74, 6) is 0. The van der Waals surface area contributed by atoms with Crippen molar-refractivity contribution in [2.45, 2.75) is 10.8 Å². The molecule has 1 aromatic heterocycles. The van der Waals surface area contributed by atoms with Crippen LogP contribution in [-0.4, -0.2) is 8.42 Å². The number of sulfonamides is 1. The average Bonchev–Trinajstić information content (AvgIpc) is 2.86. The second-order valence-electron chi connectivity index (χ2n) is 3.68. The Morgan fingerprint density at radius 1 is 1.32 bits per heavy atom. The Balaban J connectivity index is 2.12. The fraction of sp³-hybridized carbons (Fsp3) is 0.0833. The maximum atomic E-state index is 12.0. The molecule has 0 bridgehead atoms. The normalized spacial score (nSPS) is 11.2. The Hall–Kier alpha value is -1.20. The van der Waals surface area contributed by atoms with Gasteiger partial charge < -0.3 is 0 Å². The monoisotopic (exact) mass is 356 g/mol. The summed E-state index contributed by atoms with van der Waals surface area (Å²) >= 11 is 4.29. The molecule has 0 amide bonds. The molecule has 0 atom stereocenters. The molecule has 4 nitrogen and oxygen atoms in total. The minimum absolute atomic E-state index is 0.152. The summed E-state index contributed by atoms with van der Waals surface area (Å²) in [6, 6.07) is 12.2. The van der Waals surface area contributed by atoms with Crippen LogP contribution in [0.3, 0.4) is 0 Å². The minimum atomic E-state index is -3.56. The van der Waals surface area contributed by atoms with E-state index in [1.54, 1.807) is 0 Å². The van der Waals surface area contributed by atoms with Crippen molar-refractivity contribution in [3.63, 3.8) is 0 Å². The van der Waals surface area contributed by atoms with Gasteiger partial charge in [-0.2, -0.15) is 5.26 Å². The molecule has 98 valence electrons. The minimum Gasteiger partial charge on any atom is -0.206 e. The van der Waals surface area contributed by atoms with Crippen molar-refractivity contribution in [1.82, 2.24) is 4.72 Å². The van der Waals surface area contributed by atoms with Crippen LogP contribution in [0, 0.1) is 11.3 Å². The molecule has 0 aliphatic heterocycles. The summed E-state index contributed by atoms with van der Waals surface area (Å²) in [7, 11) is -3.56. The zero-order valence-electron chi connectivity index (χ0n) is 9.63. The predicted octanol–water partition coefficient (Wildman–Crippen LogP) is 2.86. The van der Waals surface area contributed by atoms with Gasteiger partial charge in [-0.25, -0.2) is 13.1 Å². The third-order valence-corrected chi connectivity index (χ3v) is 5.69. The second kappa shape index (κ2) is 5.84. The Bertz CT molecular complexity index is 732. The predicted molar refractivity (Wildman–Crippen MR) is 77.2 cm³/mol. The van der Waals surface area contributed by atoms with Crippen LogP contribution < -0.4 is 4.72 Å². The largest absolute Gasteiger partial charge is 0.250 e. The lowest BCUT2D eigenvalue weighted by atomic mass is 10.2. The number of benzene rings is 1. The summed E-state index contributed by atoms with van der Waals surface area (Å²) in [5, 5.41) is 8.70. The molecule has 0 spiro atoms. The lowest BCUT2D eigenvalue weighted by Gasteiger charge is -2.05. The zero-order valence-corrected chi connectivity index (χ0v) is 12.8. The first-order valence-corrected chi connectivity index (χ1v) is 8.34. The van der Waals surface area contributed by atoms with Gasteiger partial charge in [0, 0.05) is 11.0 Å². The van der Waals surface area contributed by atoms with E-state index in [0.717, 1.165) is 21.4 Å². The number of hydrogen-bond acceptors (Lipinski definition) is 4. The van der Waals surface area contributed by atoms with E-state index < -0.39 is 10.0 Å². The van der Waals surface area contributed by atoms with Gasteiger partial charge in [0.05, 0.1) is 0 Å². The summed E-state index contributed by atoms with van der Waals surface area (Å²) < 4.78 is 27.6. The SMILES string of the molecule is N#Cc1ccc(S(=O)(=O)NCc2cccc(Br)c2)s1. The first kappa shape index (κ1) is 14.2. The van der Waals surface area contributed by atoms with E-state index in [9.17, 15) is 8.42 Å². The fourth-order valence-electron chi connectivity index (χ4n) is 1.42. The van der Waals surface area contributed by atoms with Gasteiger partial charge in [0.1, 0.15) is 15.2 Å². The van der Waals surface area contributed by atoms with Crippen LogP contribution in [0.25, 0.3) is 0 Å². The smallest absolute Gasteiger partial charge is 0.206 e. The zero-order chi connectivity index (χ0) is 13.9. The number of hydrogen-bond donors (Lipinski definition) is 1. The highest BCUT2D eigenvalue weighted by Gasteiger charge is 2.16. The van der Waals surface area contributed by atoms with Crippen molar-refractivity contribution in [2.75, 3.05) is 0 Å². The number of thiophene rings is 1. The molecule has 1 aromatic carbocycles. The van der Waals surface area contributed by atoms with Crippen LogP contribution in [-0.2, 0) is 16.6 Å². The third-order valence-electron chi connectivity index (χ3n) is 2.31. The Kier molecular flexibility index (Phi) is 4.37. The van der Waals surface area contributed by atoms with E-state index >= 15 is 0 Å². The van der Waals surface area contributed by atoms with Crippen LogP contribution in [0.4, 0.5) is 0 Å². The number of halogens is 1. The lowest BCUT2D eigenvalue weighted by Crippen LogP contribution is -2.22. The van der Waals surface area contributed by atoms with Crippen LogP contribution in [0.1, 0.15) is 10.4 Å². The topological polar surface area (TPSA) is 70.0 Å². The molecule has 2 rings (SSSR count). The number of nitriles is 1. The lowest BCUT2D eigenvalue weighted by molar-refractivity contribution is 0.583. The van der Waals surface area contributed by atoms with E-state index in [1.165, 1.54) is 12.1 Å². The molecule has 1 heterocycles. The molecule has 0 saturated carbocycles. The first-order chi connectivity index (χ1) is 9.01. The van der Waals surface area contributed by atoms with Crippen molar-refractivity contribution in [2.24, 2.45) is 0 Å². The van der Waals surface area contributed by atoms with Crippen LogP contribution in [0.15, 0.2) is 45.1 Å². The number of nitrogens with one attached hydrogen (secondary N) is 1. The Labute approximate surface area is 123 Å². The molecule has 7 heteroatoms. The molecule has 0 unspecified atom stereocenters. The molecule has 0 radical (unpaired) electrons. The molecule has 0 fully saturated rings. The van der Waals surface area contributed by atoms with Crippen molar-refractivity contribution in [3.05, 3.63) is 51.3 Å². The molecular weight excluding hydrogens is 348 g/mol. The summed E-state index contributed by atoms with van der Waals surface area (Å²) in [4.78, 5) is 0.378. The molecule has 0 aliphatic rings. The van der Waals surface area contributed by atoms with Gasteiger partial charge in [0.2, 0.25) is 10.0 Å². The van der Waals surface area contributed by atoms with Crippen molar-refractivity contribution in [1.29, 1.82) is 5.26 Å². The van der Waals surface area contributed by atoms with Crippen molar-refractivity contribution in [3.8, 4) is 6.07 Å². The molecule has 0 saturated heterocycles. The number of nitrogens with zero attached hydrogens (tertiary/aromatic N) is 1. The maximum Gasteiger partial charge on any atom is 0.250 e. The second-order valence-corrected chi connectivity index (χ2v) is 7.68. The van der Waals surface area contributed by atoms with Gasteiger partial charge in [0.25, 0.3) is 0 Å². The van der Waals surface area contributed by atoms with Crippen LogP contribution >= 0.6 is 27.3 Å². The average molecular weight is 357 g/mol. The molecule has 2 aromatic rings. The highest BCUT2D eigenvalue weighted by Crippen LogP contribution is 2.21. The van der Waals surface area contributed by atoms with E-state index in [-0.39, 0.29) is 10.8 Å². The highest BCUT2D eigenvalue weighted by molar-refractivity contribution is 9.10. The third kappa shape index (κ3) is 3.64. The number of rotatable bonds is 4. The quantitative estimate of drug-likeness (QED) is 0.915. The highest BCUT2D eigenvalue weighted by atomic mass is 79.9. The van der Waals surface area contributed by atoms with Gasteiger partial charge in [-0.1, -0.05) is 28.1 Å². The molecule has 0 aliphatic carbocycles. The van der Waals surface area contributed by atoms with E-state index in [1.807, 2.05) is 30.3 Å². The molecule has 19 heavy (non-hydrogen) atoms. The fourth-order valence-corrected chi connectivity index (χ4v) is 4.03. The summed E-state index contributed by atoms with van der Waals surface area (Å²) in [5.41, 5.74) is 0.856. The standard InChI is InChI=1S/C12H9BrN2O2S2/c13-10-3-1-2-9(6-10)8-15-19(16,17)12-5-4-11(7-14)18-12/h1-6,15H,8H2. The van der Waals surface area contributed by atoms with Crippen molar-refractivity contribution >= 4 is 37.3 Å². The summed E-state index contributed by atoms with van der Waals surface area (Å²) in [6.45, 7) is 0.210. The first-order valence-electron chi connectivity index (χ1n) is 5.25. The van der Waals surface area contributed by atoms with Gasteiger partial charge in [-0.3, -0.25) is 0 Å².